The van der Waals surface area contributed by atoms with Crippen LogP contribution in [0.5, 0.6) is 5.75 Å². The number of nitrogens with zero attached hydrogens (tertiary/aromatic N) is 2. The standard InChI is InChI=1S/C20H30N2O3/c1-14(2)17-6-8-18(9-7-17)25-16(5)20(24)22-12-10-21(11-13-22)19(23)15(3)4/h6-9,14-16H,10-13H2,1-5H3. The van der Waals surface area contributed by atoms with Crippen LogP contribution >= 0.6 is 0 Å². The second-order valence-electron chi connectivity index (χ2n) is 7.29. The summed E-state index contributed by atoms with van der Waals surface area (Å²) in [5.41, 5.74) is 1.25. The Kier molecular flexibility index (Phi) is 6.45. The van der Waals surface area contributed by atoms with Gasteiger partial charge in [0, 0.05) is 32.1 Å². The van der Waals surface area contributed by atoms with Gasteiger partial charge in [0.2, 0.25) is 5.91 Å². The molecule has 1 aromatic rings. The molecule has 1 saturated heterocycles. The lowest BCUT2D eigenvalue weighted by atomic mass is 10.0. The van der Waals surface area contributed by atoms with Gasteiger partial charge in [0.15, 0.2) is 6.10 Å². The zero-order valence-corrected chi connectivity index (χ0v) is 16.0. The molecule has 138 valence electrons. The molecule has 1 aromatic carbocycles. The van der Waals surface area contributed by atoms with Crippen LogP contribution in [-0.4, -0.2) is 53.9 Å². The molecule has 0 bridgehead atoms. The topological polar surface area (TPSA) is 49.9 Å². The molecule has 2 rings (SSSR count). The molecule has 0 saturated carbocycles. The molecule has 1 fully saturated rings. The van der Waals surface area contributed by atoms with Crippen LogP contribution in [0.1, 0.15) is 46.1 Å². The SMILES string of the molecule is CC(C)C(=O)N1CCN(C(=O)C(C)Oc2ccc(C(C)C)cc2)CC1. The van der Waals surface area contributed by atoms with Crippen molar-refractivity contribution in [2.45, 2.75) is 46.6 Å². The van der Waals surface area contributed by atoms with Crippen molar-refractivity contribution < 1.29 is 14.3 Å². The number of carbonyl (C=O) groups is 2. The maximum atomic E-state index is 12.6. The van der Waals surface area contributed by atoms with Gasteiger partial charge in [0.05, 0.1) is 0 Å². The molecule has 1 unspecified atom stereocenters. The number of carbonyl (C=O) groups excluding carboxylic acids is 2. The fraction of sp³-hybridized carbons (Fsp3) is 0.600. The van der Waals surface area contributed by atoms with Crippen LogP contribution in [0.25, 0.3) is 0 Å². The Labute approximate surface area is 150 Å². The molecule has 25 heavy (non-hydrogen) atoms. The van der Waals surface area contributed by atoms with Gasteiger partial charge in [-0.1, -0.05) is 39.8 Å². The Bertz CT molecular complexity index is 587. The summed E-state index contributed by atoms with van der Waals surface area (Å²) in [5.74, 6) is 1.31. The average Bonchev–Trinajstić information content (AvgIpc) is 2.60. The Hall–Kier alpha value is -2.04. The summed E-state index contributed by atoms with van der Waals surface area (Å²) in [5, 5.41) is 0. The van der Waals surface area contributed by atoms with E-state index in [-0.39, 0.29) is 17.7 Å². The van der Waals surface area contributed by atoms with Gasteiger partial charge in [0.25, 0.3) is 5.91 Å². The summed E-state index contributed by atoms with van der Waals surface area (Å²) in [7, 11) is 0. The van der Waals surface area contributed by atoms with Crippen molar-refractivity contribution in [1.29, 1.82) is 0 Å². The van der Waals surface area contributed by atoms with Gasteiger partial charge in [-0.25, -0.2) is 0 Å². The Morgan fingerprint density at radius 3 is 1.76 bits per heavy atom. The van der Waals surface area contributed by atoms with Crippen molar-refractivity contribution in [3.8, 4) is 5.75 Å². The molecule has 5 nitrogen and oxygen atoms in total. The average molecular weight is 346 g/mol. The summed E-state index contributed by atoms with van der Waals surface area (Å²) in [6, 6.07) is 7.90. The third kappa shape index (κ3) is 4.97. The van der Waals surface area contributed by atoms with E-state index in [0.29, 0.717) is 37.8 Å². The van der Waals surface area contributed by atoms with E-state index < -0.39 is 6.10 Å². The van der Waals surface area contributed by atoms with Gasteiger partial charge in [-0.15, -0.1) is 0 Å². The molecule has 1 aliphatic heterocycles. The normalized spacial score (nSPS) is 16.3. The lowest BCUT2D eigenvalue weighted by Gasteiger charge is -2.36. The molecule has 0 N–H and O–H groups in total. The highest BCUT2D eigenvalue weighted by Gasteiger charge is 2.28. The molecule has 1 atom stereocenters. The van der Waals surface area contributed by atoms with Gasteiger partial charge >= 0.3 is 0 Å². The summed E-state index contributed by atoms with van der Waals surface area (Å²) in [4.78, 5) is 28.2. The summed E-state index contributed by atoms with van der Waals surface area (Å²) >= 11 is 0. The minimum absolute atomic E-state index is 0.00156. The van der Waals surface area contributed by atoms with Gasteiger partial charge in [0.1, 0.15) is 5.75 Å². The third-order valence-corrected chi connectivity index (χ3v) is 4.60. The molecular formula is C20H30N2O3. The van der Waals surface area contributed by atoms with Crippen LogP contribution in [0.15, 0.2) is 24.3 Å². The Morgan fingerprint density at radius 1 is 0.840 bits per heavy atom. The van der Waals surface area contributed by atoms with Crippen LogP contribution in [0.4, 0.5) is 0 Å². The van der Waals surface area contributed by atoms with Crippen molar-refractivity contribution in [3.63, 3.8) is 0 Å². The molecular weight excluding hydrogens is 316 g/mol. The number of hydrogen-bond donors (Lipinski definition) is 0. The molecule has 0 spiro atoms. The van der Waals surface area contributed by atoms with E-state index in [9.17, 15) is 9.59 Å². The lowest BCUT2D eigenvalue weighted by Crippen LogP contribution is -2.53. The molecule has 0 radical (unpaired) electrons. The van der Waals surface area contributed by atoms with Gasteiger partial charge in [-0.3, -0.25) is 9.59 Å². The first-order valence-corrected chi connectivity index (χ1v) is 9.13. The molecule has 0 aromatic heterocycles. The minimum Gasteiger partial charge on any atom is -0.481 e. The number of hydrogen-bond acceptors (Lipinski definition) is 3. The van der Waals surface area contributed by atoms with Crippen LogP contribution in [-0.2, 0) is 9.59 Å². The quantitative estimate of drug-likeness (QED) is 0.824. The van der Waals surface area contributed by atoms with Crippen LogP contribution in [0.2, 0.25) is 0 Å². The maximum Gasteiger partial charge on any atom is 0.263 e. The number of piperazine rings is 1. The molecule has 1 heterocycles. The van der Waals surface area contributed by atoms with Crippen molar-refractivity contribution in [3.05, 3.63) is 29.8 Å². The van der Waals surface area contributed by atoms with Crippen LogP contribution < -0.4 is 4.74 Å². The number of benzene rings is 1. The monoisotopic (exact) mass is 346 g/mol. The van der Waals surface area contributed by atoms with Crippen molar-refractivity contribution in [2.75, 3.05) is 26.2 Å². The summed E-state index contributed by atoms with van der Waals surface area (Å²) < 4.78 is 5.80. The second kappa shape index (κ2) is 8.37. The van der Waals surface area contributed by atoms with E-state index in [1.54, 1.807) is 11.8 Å². The zero-order valence-electron chi connectivity index (χ0n) is 16.0. The van der Waals surface area contributed by atoms with E-state index in [1.807, 2.05) is 43.0 Å². The second-order valence-corrected chi connectivity index (χ2v) is 7.29. The van der Waals surface area contributed by atoms with E-state index in [0.717, 1.165) is 0 Å². The smallest absolute Gasteiger partial charge is 0.263 e. The van der Waals surface area contributed by atoms with E-state index in [4.69, 9.17) is 4.74 Å². The van der Waals surface area contributed by atoms with Crippen molar-refractivity contribution >= 4 is 11.8 Å². The number of rotatable bonds is 5. The molecule has 0 aliphatic carbocycles. The van der Waals surface area contributed by atoms with Crippen molar-refractivity contribution in [1.82, 2.24) is 9.80 Å². The largest absolute Gasteiger partial charge is 0.481 e. The lowest BCUT2D eigenvalue weighted by molar-refractivity contribution is -0.144. The van der Waals surface area contributed by atoms with Gasteiger partial charge in [-0.2, -0.15) is 0 Å². The first-order valence-electron chi connectivity index (χ1n) is 9.13. The first-order chi connectivity index (χ1) is 11.8. The highest BCUT2D eigenvalue weighted by Crippen LogP contribution is 2.20. The first kappa shape index (κ1) is 19.3. The maximum absolute atomic E-state index is 12.6. The predicted molar refractivity (Wildman–Crippen MR) is 98.6 cm³/mol. The van der Waals surface area contributed by atoms with Crippen LogP contribution in [0, 0.1) is 5.92 Å². The predicted octanol–water partition coefficient (Wildman–Crippen LogP) is 2.90. The van der Waals surface area contributed by atoms with Crippen molar-refractivity contribution in [2.24, 2.45) is 5.92 Å². The highest BCUT2D eigenvalue weighted by molar-refractivity contribution is 5.82. The highest BCUT2D eigenvalue weighted by atomic mass is 16.5. The van der Waals surface area contributed by atoms with Gasteiger partial charge < -0.3 is 14.5 Å². The van der Waals surface area contributed by atoms with Gasteiger partial charge in [-0.05, 0) is 30.5 Å². The van der Waals surface area contributed by atoms with E-state index in [1.165, 1.54) is 5.56 Å². The summed E-state index contributed by atoms with van der Waals surface area (Å²) in [6.07, 6.45) is -0.530. The van der Waals surface area contributed by atoms with Crippen LogP contribution in [0.3, 0.4) is 0 Å². The molecule has 5 heteroatoms. The number of amides is 2. The fourth-order valence-electron chi connectivity index (χ4n) is 2.96. The molecule has 2 amide bonds. The third-order valence-electron chi connectivity index (χ3n) is 4.60. The van der Waals surface area contributed by atoms with E-state index in [2.05, 4.69) is 13.8 Å². The Morgan fingerprint density at radius 2 is 1.32 bits per heavy atom. The zero-order chi connectivity index (χ0) is 18.6. The number of ether oxygens (including phenoxy) is 1. The fourth-order valence-corrected chi connectivity index (χ4v) is 2.96. The minimum atomic E-state index is -0.530. The summed E-state index contributed by atoms with van der Waals surface area (Å²) in [6.45, 7) is 12.2. The Balaban J connectivity index is 1.87. The van der Waals surface area contributed by atoms with E-state index >= 15 is 0 Å². The molecule has 1 aliphatic rings.